The van der Waals surface area contributed by atoms with Crippen LogP contribution in [0.4, 0.5) is 11.4 Å². The van der Waals surface area contributed by atoms with Gasteiger partial charge in [-0.05, 0) is 88.5 Å². The van der Waals surface area contributed by atoms with Crippen LogP contribution < -0.4 is 5.32 Å². The predicted octanol–water partition coefficient (Wildman–Crippen LogP) is 10.5. The van der Waals surface area contributed by atoms with Crippen molar-refractivity contribution < 1.29 is 0 Å². The van der Waals surface area contributed by atoms with E-state index in [9.17, 15) is 0 Å². The van der Waals surface area contributed by atoms with Crippen LogP contribution in [0, 0.1) is 0 Å². The number of nitrogens with one attached hydrogen (secondary N) is 1. The van der Waals surface area contributed by atoms with Crippen molar-refractivity contribution in [3.8, 4) is 27.9 Å². The van der Waals surface area contributed by atoms with Gasteiger partial charge in [0.05, 0.1) is 11.0 Å². The van der Waals surface area contributed by atoms with E-state index >= 15 is 0 Å². The SMILES string of the molecule is C=Cc1ccc(-c2ccc3c(c2)c2cc(-c4ccc(Nc5ccccc5)cc4)ccc2n3-c2ccccc2)cc1. The molecular weight excluding hydrogens is 484 g/mol. The van der Waals surface area contributed by atoms with E-state index < -0.39 is 0 Å². The Bertz CT molecular complexity index is 1950. The zero-order chi connectivity index (χ0) is 26.9. The molecule has 0 amide bonds. The average molecular weight is 513 g/mol. The molecule has 0 bridgehead atoms. The minimum absolute atomic E-state index is 1.07. The van der Waals surface area contributed by atoms with Crippen LogP contribution in [-0.4, -0.2) is 4.57 Å². The van der Waals surface area contributed by atoms with E-state index in [1.165, 1.54) is 44.1 Å². The fourth-order valence-corrected chi connectivity index (χ4v) is 5.48. The number of fused-ring (bicyclic) bond motifs is 3. The first-order valence-electron chi connectivity index (χ1n) is 13.6. The highest BCUT2D eigenvalue weighted by atomic mass is 15.0. The second-order valence-electron chi connectivity index (χ2n) is 10.0. The maximum atomic E-state index is 3.89. The Balaban J connectivity index is 1.35. The quantitative estimate of drug-likeness (QED) is 0.234. The van der Waals surface area contributed by atoms with Crippen LogP contribution in [0.1, 0.15) is 5.56 Å². The molecule has 40 heavy (non-hydrogen) atoms. The zero-order valence-corrected chi connectivity index (χ0v) is 22.1. The van der Waals surface area contributed by atoms with E-state index in [4.69, 9.17) is 0 Å². The van der Waals surface area contributed by atoms with Gasteiger partial charge in [0.1, 0.15) is 0 Å². The molecule has 2 heteroatoms. The number of anilines is 2. The van der Waals surface area contributed by atoms with Crippen molar-refractivity contribution in [3.05, 3.63) is 158 Å². The topological polar surface area (TPSA) is 17.0 Å². The molecule has 7 rings (SSSR count). The molecular formula is C38H28N2. The van der Waals surface area contributed by atoms with Crippen LogP contribution in [0.15, 0.2) is 152 Å². The summed E-state index contributed by atoms with van der Waals surface area (Å²) in [5.41, 5.74) is 11.6. The van der Waals surface area contributed by atoms with Crippen molar-refractivity contribution in [1.82, 2.24) is 4.57 Å². The first-order valence-corrected chi connectivity index (χ1v) is 13.6. The van der Waals surface area contributed by atoms with Crippen molar-refractivity contribution in [2.45, 2.75) is 0 Å². The van der Waals surface area contributed by atoms with Crippen molar-refractivity contribution in [2.75, 3.05) is 5.32 Å². The molecule has 190 valence electrons. The van der Waals surface area contributed by atoms with E-state index in [1.54, 1.807) is 0 Å². The van der Waals surface area contributed by atoms with Crippen LogP contribution in [-0.2, 0) is 0 Å². The second-order valence-corrected chi connectivity index (χ2v) is 10.0. The molecule has 0 spiro atoms. The van der Waals surface area contributed by atoms with E-state index in [1.807, 2.05) is 24.3 Å². The standard InChI is InChI=1S/C38H28N2/c1-2-27-13-15-28(16-14-27)30-19-23-37-35(25-30)36-26-31(20-24-38(36)40(37)34-11-7-4-8-12-34)29-17-21-33(22-18-29)39-32-9-5-3-6-10-32/h2-26,39H,1H2. The molecule has 0 aliphatic rings. The molecule has 1 N–H and O–H groups in total. The maximum Gasteiger partial charge on any atom is 0.0541 e. The van der Waals surface area contributed by atoms with Gasteiger partial charge < -0.3 is 9.88 Å². The van der Waals surface area contributed by atoms with Gasteiger partial charge in [-0.2, -0.15) is 0 Å². The van der Waals surface area contributed by atoms with Gasteiger partial charge in [-0.15, -0.1) is 0 Å². The molecule has 6 aromatic carbocycles. The van der Waals surface area contributed by atoms with Crippen LogP contribution in [0.5, 0.6) is 0 Å². The summed E-state index contributed by atoms with van der Waals surface area (Å²) >= 11 is 0. The van der Waals surface area contributed by atoms with Crippen molar-refractivity contribution in [1.29, 1.82) is 0 Å². The van der Waals surface area contributed by atoms with Gasteiger partial charge in [0.25, 0.3) is 0 Å². The Labute approximate surface area is 234 Å². The van der Waals surface area contributed by atoms with E-state index in [0.717, 1.165) is 22.6 Å². The number of aromatic nitrogens is 1. The van der Waals surface area contributed by atoms with Gasteiger partial charge in [0, 0.05) is 27.8 Å². The smallest absolute Gasteiger partial charge is 0.0541 e. The first kappa shape index (κ1) is 23.8. The largest absolute Gasteiger partial charge is 0.356 e. The third-order valence-electron chi connectivity index (χ3n) is 7.54. The minimum Gasteiger partial charge on any atom is -0.356 e. The lowest BCUT2D eigenvalue weighted by atomic mass is 9.99. The van der Waals surface area contributed by atoms with Crippen LogP contribution in [0.2, 0.25) is 0 Å². The molecule has 0 fully saturated rings. The summed E-state index contributed by atoms with van der Waals surface area (Å²) in [5.74, 6) is 0. The molecule has 7 aromatic rings. The number of benzene rings is 6. The lowest BCUT2D eigenvalue weighted by Gasteiger charge is -2.09. The lowest BCUT2D eigenvalue weighted by Crippen LogP contribution is -1.93. The summed E-state index contributed by atoms with van der Waals surface area (Å²) in [5, 5.41) is 5.96. The van der Waals surface area contributed by atoms with Crippen molar-refractivity contribution in [3.63, 3.8) is 0 Å². The Hall–Kier alpha value is -5.34. The third-order valence-corrected chi connectivity index (χ3v) is 7.54. The van der Waals surface area contributed by atoms with Gasteiger partial charge in [0.2, 0.25) is 0 Å². The molecule has 0 saturated carbocycles. The second kappa shape index (κ2) is 10.1. The predicted molar refractivity (Wildman–Crippen MR) is 171 cm³/mol. The summed E-state index contributed by atoms with van der Waals surface area (Å²) in [6.45, 7) is 3.89. The van der Waals surface area contributed by atoms with Gasteiger partial charge in [-0.3, -0.25) is 0 Å². The third kappa shape index (κ3) is 4.36. The molecule has 0 atom stereocenters. The van der Waals surface area contributed by atoms with Gasteiger partial charge >= 0.3 is 0 Å². The highest BCUT2D eigenvalue weighted by molar-refractivity contribution is 6.11. The normalized spacial score (nSPS) is 11.1. The summed E-state index contributed by atoms with van der Waals surface area (Å²) < 4.78 is 2.37. The minimum atomic E-state index is 1.07. The number of nitrogens with zero attached hydrogens (tertiary/aromatic N) is 1. The molecule has 2 nitrogen and oxygen atoms in total. The number of hydrogen-bond acceptors (Lipinski definition) is 1. The highest BCUT2D eigenvalue weighted by Gasteiger charge is 2.14. The monoisotopic (exact) mass is 512 g/mol. The molecule has 0 aliphatic carbocycles. The molecule has 0 aliphatic heterocycles. The number of para-hydroxylation sites is 2. The summed E-state index contributed by atoms with van der Waals surface area (Å²) in [4.78, 5) is 0. The molecule has 0 saturated heterocycles. The van der Waals surface area contributed by atoms with E-state index in [2.05, 4.69) is 144 Å². The number of rotatable bonds is 6. The maximum absolute atomic E-state index is 3.89. The molecule has 1 aromatic heterocycles. The molecule has 1 heterocycles. The Morgan fingerprint density at radius 1 is 0.475 bits per heavy atom. The van der Waals surface area contributed by atoms with Crippen LogP contribution in [0.25, 0.3) is 55.8 Å². The summed E-state index contributed by atoms with van der Waals surface area (Å²) in [6, 6.07) is 51.8. The van der Waals surface area contributed by atoms with Crippen LogP contribution in [0.3, 0.4) is 0 Å². The lowest BCUT2D eigenvalue weighted by molar-refractivity contribution is 1.18. The average Bonchev–Trinajstić information content (AvgIpc) is 3.35. The highest BCUT2D eigenvalue weighted by Crippen LogP contribution is 2.37. The fraction of sp³-hybridized carbons (Fsp3) is 0. The Morgan fingerprint density at radius 2 is 0.950 bits per heavy atom. The van der Waals surface area contributed by atoms with Crippen molar-refractivity contribution >= 4 is 39.3 Å². The van der Waals surface area contributed by atoms with E-state index in [0.29, 0.717) is 0 Å². The zero-order valence-electron chi connectivity index (χ0n) is 22.1. The Morgan fingerprint density at radius 3 is 1.50 bits per heavy atom. The summed E-state index contributed by atoms with van der Waals surface area (Å²) in [6.07, 6.45) is 1.88. The van der Waals surface area contributed by atoms with Gasteiger partial charge in [-0.25, -0.2) is 0 Å². The molecule has 0 radical (unpaired) electrons. The van der Waals surface area contributed by atoms with Crippen molar-refractivity contribution in [2.24, 2.45) is 0 Å². The van der Waals surface area contributed by atoms with E-state index in [-0.39, 0.29) is 0 Å². The van der Waals surface area contributed by atoms with Gasteiger partial charge in [-0.1, -0.05) is 97.6 Å². The fourth-order valence-electron chi connectivity index (χ4n) is 5.48. The Kier molecular flexibility index (Phi) is 5.99. The van der Waals surface area contributed by atoms with Gasteiger partial charge in [0.15, 0.2) is 0 Å². The number of hydrogen-bond donors (Lipinski definition) is 1. The molecule has 0 unspecified atom stereocenters. The first-order chi connectivity index (χ1) is 19.8. The summed E-state index contributed by atoms with van der Waals surface area (Å²) in [7, 11) is 0. The van der Waals surface area contributed by atoms with Crippen LogP contribution >= 0.6 is 0 Å².